The zero-order chi connectivity index (χ0) is 24.5. The fourth-order valence-electron chi connectivity index (χ4n) is 2.40. The van der Waals surface area contributed by atoms with Gasteiger partial charge in [0.05, 0.1) is 12.7 Å². The second-order valence-corrected chi connectivity index (χ2v) is 8.15. The molecule has 0 aliphatic rings. The maximum Gasteiger partial charge on any atom is 0.573 e. The number of ether oxygens (including phenoxy) is 4. The maximum atomic E-state index is 13.3. The summed E-state index contributed by atoms with van der Waals surface area (Å²) in [4.78, 5) is 12.6. The number of methoxy groups -OCH3 is 1. The van der Waals surface area contributed by atoms with Crippen LogP contribution in [0.4, 0.5) is 26.3 Å². The highest BCUT2D eigenvalue weighted by Gasteiger charge is 2.35. The van der Waals surface area contributed by atoms with E-state index in [0.717, 1.165) is 25.3 Å². The first kappa shape index (κ1) is 25.6. The summed E-state index contributed by atoms with van der Waals surface area (Å²) in [5, 5.41) is 0. The third-order valence-corrected chi connectivity index (χ3v) is 4.20. The van der Waals surface area contributed by atoms with Gasteiger partial charge in [0.2, 0.25) is 0 Å². The van der Waals surface area contributed by atoms with Gasteiger partial charge in [0.15, 0.2) is 11.5 Å². The molecule has 32 heavy (non-hydrogen) atoms. The summed E-state index contributed by atoms with van der Waals surface area (Å²) in [6.45, 7) is 4.68. The Morgan fingerprint density at radius 2 is 1.53 bits per heavy atom. The second-order valence-electron chi connectivity index (χ2n) is 7.29. The van der Waals surface area contributed by atoms with Crippen molar-refractivity contribution in [1.82, 2.24) is 0 Å². The molecule has 0 saturated heterocycles. The van der Waals surface area contributed by atoms with Gasteiger partial charge in [-0.2, -0.15) is 13.2 Å². The van der Waals surface area contributed by atoms with E-state index in [4.69, 9.17) is 14.2 Å². The van der Waals surface area contributed by atoms with Gasteiger partial charge in [-0.3, -0.25) is 0 Å². The third-order valence-electron chi connectivity index (χ3n) is 3.57. The molecule has 0 aliphatic carbocycles. The SMILES string of the molecule is COc1cc(OC(F)(F)F)ccc1Oc1cc(C(F)(F)F)cc(Br)c1C(=O)OC(C)(C)C. The zero-order valence-corrected chi connectivity index (χ0v) is 18.7. The van der Waals surface area contributed by atoms with E-state index in [-0.39, 0.29) is 21.5 Å². The minimum atomic E-state index is -4.97. The Morgan fingerprint density at radius 3 is 2.03 bits per heavy atom. The molecular weight excluding hydrogens is 514 g/mol. The van der Waals surface area contributed by atoms with Crippen molar-refractivity contribution in [2.45, 2.75) is 38.9 Å². The summed E-state index contributed by atoms with van der Waals surface area (Å²) >= 11 is 2.94. The van der Waals surface area contributed by atoms with E-state index in [0.29, 0.717) is 12.1 Å². The van der Waals surface area contributed by atoms with Crippen molar-refractivity contribution < 1.29 is 50.1 Å². The zero-order valence-electron chi connectivity index (χ0n) is 17.1. The highest BCUT2D eigenvalue weighted by molar-refractivity contribution is 9.10. The number of alkyl halides is 6. The second kappa shape index (κ2) is 9.08. The van der Waals surface area contributed by atoms with Gasteiger partial charge in [0, 0.05) is 10.5 Å². The van der Waals surface area contributed by atoms with Crippen molar-refractivity contribution in [2.24, 2.45) is 0 Å². The van der Waals surface area contributed by atoms with Gasteiger partial charge in [0.1, 0.15) is 22.7 Å². The number of benzene rings is 2. The Balaban J connectivity index is 2.57. The number of carbonyl (C=O) groups excluding carboxylic acids is 1. The normalized spacial score (nSPS) is 12.3. The van der Waals surface area contributed by atoms with Crippen molar-refractivity contribution in [3.05, 3.63) is 45.9 Å². The molecule has 2 rings (SSSR count). The molecule has 2 aromatic carbocycles. The summed E-state index contributed by atoms with van der Waals surface area (Å²) in [6.07, 6.45) is -9.75. The molecule has 0 radical (unpaired) electrons. The lowest BCUT2D eigenvalue weighted by Crippen LogP contribution is -2.24. The number of esters is 1. The molecule has 0 heterocycles. The van der Waals surface area contributed by atoms with Crippen LogP contribution in [0.2, 0.25) is 0 Å². The number of rotatable bonds is 5. The number of carbonyl (C=O) groups is 1. The predicted molar refractivity (Wildman–Crippen MR) is 104 cm³/mol. The lowest BCUT2D eigenvalue weighted by atomic mass is 10.1. The Labute approximate surface area is 187 Å². The van der Waals surface area contributed by atoms with Crippen molar-refractivity contribution in [3.8, 4) is 23.0 Å². The molecule has 0 fully saturated rings. The Kier molecular flexibility index (Phi) is 7.28. The molecule has 0 unspecified atom stereocenters. The molecule has 0 N–H and O–H groups in total. The van der Waals surface area contributed by atoms with Gasteiger partial charge >= 0.3 is 18.5 Å². The summed E-state index contributed by atoms with van der Waals surface area (Å²) in [7, 11) is 1.11. The molecule has 0 aromatic heterocycles. The van der Waals surface area contributed by atoms with E-state index in [9.17, 15) is 31.1 Å². The van der Waals surface area contributed by atoms with Crippen LogP contribution in [0.25, 0.3) is 0 Å². The monoisotopic (exact) mass is 530 g/mol. The molecule has 0 bridgehead atoms. The largest absolute Gasteiger partial charge is 0.573 e. The first-order valence-electron chi connectivity index (χ1n) is 8.76. The van der Waals surface area contributed by atoms with Crippen molar-refractivity contribution in [3.63, 3.8) is 0 Å². The minimum Gasteiger partial charge on any atom is -0.493 e. The van der Waals surface area contributed by atoms with E-state index in [2.05, 4.69) is 20.7 Å². The van der Waals surface area contributed by atoms with Crippen molar-refractivity contribution in [1.29, 1.82) is 0 Å². The molecule has 0 aliphatic heterocycles. The highest BCUT2D eigenvalue weighted by Crippen LogP contribution is 2.42. The standard InChI is InChI=1S/C20H17BrF6O5/c1-18(2,3)32-17(28)16-12(21)7-10(19(22,23)24)8-15(16)30-13-6-5-11(9-14(13)29-4)31-20(25,26)27/h5-9H,1-4H3. The van der Waals surface area contributed by atoms with E-state index in [1.807, 2.05) is 0 Å². The molecule has 0 amide bonds. The van der Waals surface area contributed by atoms with E-state index in [1.165, 1.54) is 0 Å². The molecule has 176 valence electrons. The van der Waals surface area contributed by atoms with Crippen LogP contribution >= 0.6 is 15.9 Å². The van der Waals surface area contributed by atoms with Crippen LogP contribution in [-0.4, -0.2) is 25.0 Å². The lowest BCUT2D eigenvalue weighted by Gasteiger charge is -2.22. The Morgan fingerprint density at radius 1 is 0.906 bits per heavy atom. The summed E-state index contributed by atoms with van der Waals surface area (Å²) in [5.74, 6) is -2.72. The number of hydrogen-bond acceptors (Lipinski definition) is 5. The highest BCUT2D eigenvalue weighted by atomic mass is 79.9. The molecule has 5 nitrogen and oxygen atoms in total. The average Bonchev–Trinajstić information content (AvgIpc) is 2.58. The van der Waals surface area contributed by atoms with Gasteiger partial charge in [-0.25, -0.2) is 4.79 Å². The predicted octanol–water partition coefficient (Wildman–Crippen LogP) is 7.12. The van der Waals surface area contributed by atoms with Crippen LogP contribution in [0, 0.1) is 0 Å². The van der Waals surface area contributed by atoms with E-state index < -0.39 is 41.2 Å². The number of hydrogen-bond donors (Lipinski definition) is 0. The average molecular weight is 531 g/mol. The topological polar surface area (TPSA) is 54.0 Å². The number of halogens is 7. The van der Waals surface area contributed by atoms with Crippen LogP contribution in [-0.2, 0) is 10.9 Å². The fourth-order valence-corrected chi connectivity index (χ4v) is 3.00. The summed E-state index contributed by atoms with van der Waals surface area (Å²) in [6, 6.07) is 3.96. The fraction of sp³-hybridized carbons (Fsp3) is 0.350. The molecule has 2 aromatic rings. The first-order valence-corrected chi connectivity index (χ1v) is 9.55. The van der Waals surface area contributed by atoms with Crippen molar-refractivity contribution in [2.75, 3.05) is 7.11 Å². The molecular formula is C20H17BrF6O5. The van der Waals surface area contributed by atoms with Crippen molar-refractivity contribution >= 4 is 21.9 Å². The maximum absolute atomic E-state index is 13.3. The van der Waals surface area contributed by atoms with Gasteiger partial charge in [-0.05, 0) is 61.0 Å². The summed E-state index contributed by atoms with van der Waals surface area (Å²) in [5.41, 5.74) is -2.46. The molecule has 0 spiro atoms. The van der Waals surface area contributed by atoms with Gasteiger partial charge in [0.25, 0.3) is 0 Å². The van der Waals surface area contributed by atoms with Crippen LogP contribution in [0.3, 0.4) is 0 Å². The van der Waals surface area contributed by atoms with Crippen LogP contribution < -0.4 is 14.2 Å². The van der Waals surface area contributed by atoms with Gasteiger partial charge in [-0.1, -0.05) is 0 Å². The third kappa shape index (κ3) is 6.94. The minimum absolute atomic E-state index is 0.257. The van der Waals surface area contributed by atoms with Gasteiger partial charge < -0.3 is 18.9 Å². The lowest BCUT2D eigenvalue weighted by molar-refractivity contribution is -0.274. The quantitative estimate of drug-likeness (QED) is 0.304. The van der Waals surface area contributed by atoms with Crippen LogP contribution in [0.15, 0.2) is 34.8 Å². The Bertz CT molecular complexity index is 996. The Hall–Kier alpha value is -2.63. The van der Waals surface area contributed by atoms with E-state index in [1.54, 1.807) is 20.8 Å². The van der Waals surface area contributed by atoms with Crippen LogP contribution in [0.1, 0.15) is 36.7 Å². The first-order chi connectivity index (χ1) is 14.5. The molecule has 0 saturated carbocycles. The smallest absolute Gasteiger partial charge is 0.493 e. The van der Waals surface area contributed by atoms with Crippen LogP contribution in [0.5, 0.6) is 23.0 Å². The summed E-state index contributed by atoms with van der Waals surface area (Å²) < 4.78 is 96.4. The molecule has 0 atom stereocenters. The van der Waals surface area contributed by atoms with E-state index >= 15 is 0 Å². The van der Waals surface area contributed by atoms with Gasteiger partial charge in [-0.15, -0.1) is 13.2 Å². The molecule has 12 heteroatoms.